The van der Waals surface area contributed by atoms with Crippen LogP contribution in [0.5, 0.6) is 0 Å². The fraction of sp³-hybridized carbons (Fsp3) is 0.143. The van der Waals surface area contributed by atoms with Crippen molar-refractivity contribution in [3.63, 3.8) is 0 Å². The summed E-state index contributed by atoms with van der Waals surface area (Å²) in [7, 11) is 0. The van der Waals surface area contributed by atoms with Gasteiger partial charge in [-0.25, -0.2) is 4.79 Å². The maximum absolute atomic E-state index is 12.9. The average Bonchev–Trinajstić information content (AvgIpc) is 2.72. The summed E-state index contributed by atoms with van der Waals surface area (Å²) in [4.78, 5) is 29.6. The molecule has 2 aromatic carbocycles. The van der Waals surface area contributed by atoms with E-state index in [0.29, 0.717) is 29.2 Å². The Balaban J connectivity index is 1.80. The van der Waals surface area contributed by atoms with Gasteiger partial charge in [-0.15, -0.1) is 0 Å². The first kappa shape index (κ1) is 20.3. The van der Waals surface area contributed by atoms with Crippen LogP contribution >= 0.6 is 11.6 Å². The number of amides is 2. The first-order chi connectivity index (χ1) is 14.0. The smallest absolute Gasteiger partial charge is 0.320 e. The van der Waals surface area contributed by atoms with E-state index in [9.17, 15) is 14.9 Å². The maximum Gasteiger partial charge on any atom is 0.322 e. The molecule has 0 saturated carbocycles. The van der Waals surface area contributed by atoms with E-state index >= 15 is 0 Å². The standard InChI is InChI=1S/C21H19ClN4O3/c22-17-7-5-9-19(14-17)24-21(27)25(13-11-18-8-3-4-12-23-18)15-16-6-1-2-10-20(16)26(28)29/h1-10,12,14H,11,13,15H2,(H,24,27). The zero-order valence-electron chi connectivity index (χ0n) is 15.5. The minimum Gasteiger partial charge on any atom is -0.320 e. The molecule has 7 nitrogen and oxygen atoms in total. The fourth-order valence-electron chi connectivity index (χ4n) is 2.84. The molecule has 1 N–H and O–H groups in total. The zero-order valence-corrected chi connectivity index (χ0v) is 16.2. The van der Waals surface area contributed by atoms with Gasteiger partial charge in [-0.3, -0.25) is 15.1 Å². The molecule has 29 heavy (non-hydrogen) atoms. The van der Waals surface area contributed by atoms with Crippen molar-refractivity contribution in [2.24, 2.45) is 0 Å². The maximum atomic E-state index is 12.9. The molecule has 0 spiro atoms. The summed E-state index contributed by atoms with van der Waals surface area (Å²) in [6.45, 7) is 0.436. The van der Waals surface area contributed by atoms with Crippen molar-refractivity contribution in [1.29, 1.82) is 0 Å². The minimum atomic E-state index is -0.443. The number of nitro benzene ring substituents is 1. The van der Waals surface area contributed by atoms with Crippen molar-refractivity contribution in [2.45, 2.75) is 13.0 Å². The molecular weight excluding hydrogens is 392 g/mol. The van der Waals surface area contributed by atoms with E-state index in [1.165, 1.54) is 11.0 Å². The van der Waals surface area contributed by atoms with Crippen LogP contribution in [0.3, 0.4) is 0 Å². The minimum absolute atomic E-state index is 0.0223. The number of halogens is 1. The number of aromatic nitrogens is 1. The molecule has 8 heteroatoms. The first-order valence-electron chi connectivity index (χ1n) is 8.96. The predicted molar refractivity (Wildman–Crippen MR) is 112 cm³/mol. The monoisotopic (exact) mass is 410 g/mol. The van der Waals surface area contributed by atoms with Gasteiger partial charge in [0, 0.05) is 47.2 Å². The van der Waals surface area contributed by atoms with E-state index in [1.54, 1.807) is 48.7 Å². The van der Waals surface area contributed by atoms with Crippen LogP contribution in [0.15, 0.2) is 72.9 Å². The van der Waals surface area contributed by atoms with Crippen LogP contribution in [0.1, 0.15) is 11.3 Å². The summed E-state index contributed by atoms with van der Waals surface area (Å²) in [5, 5.41) is 14.6. The van der Waals surface area contributed by atoms with Crippen molar-refractivity contribution >= 4 is 29.0 Å². The second-order valence-electron chi connectivity index (χ2n) is 6.32. The number of benzene rings is 2. The number of carbonyl (C=O) groups is 1. The Morgan fingerprint density at radius 2 is 1.90 bits per heavy atom. The molecule has 0 saturated heterocycles. The molecule has 0 fully saturated rings. The van der Waals surface area contributed by atoms with Gasteiger partial charge in [0.25, 0.3) is 5.69 Å². The Kier molecular flexibility index (Phi) is 6.76. The van der Waals surface area contributed by atoms with Crippen LogP contribution in [-0.2, 0) is 13.0 Å². The summed E-state index contributed by atoms with van der Waals surface area (Å²) in [5.41, 5.74) is 1.81. The number of rotatable bonds is 7. The number of carbonyl (C=O) groups excluding carboxylic acids is 1. The number of nitro groups is 1. The Labute approximate surface area is 173 Å². The number of nitrogens with one attached hydrogen (secondary N) is 1. The largest absolute Gasteiger partial charge is 0.322 e. The van der Waals surface area contributed by atoms with Gasteiger partial charge < -0.3 is 10.2 Å². The molecule has 2 amide bonds. The third kappa shape index (κ3) is 5.76. The van der Waals surface area contributed by atoms with E-state index in [2.05, 4.69) is 10.3 Å². The second kappa shape index (κ2) is 9.66. The molecule has 3 aromatic rings. The van der Waals surface area contributed by atoms with Crippen LogP contribution < -0.4 is 5.32 Å². The molecule has 148 valence electrons. The number of hydrogen-bond donors (Lipinski definition) is 1. The van der Waals surface area contributed by atoms with E-state index in [-0.39, 0.29) is 18.3 Å². The van der Waals surface area contributed by atoms with Crippen LogP contribution in [0, 0.1) is 10.1 Å². The molecule has 1 aromatic heterocycles. The lowest BCUT2D eigenvalue weighted by Gasteiger charge is -2.23. The quantitative estimate of drug-likeness (QED) is 0.442. The van der Waals surface area contributed by atoms with Gasteiger partial charge in [-0.1, -0.05) is 41.9 Å². The zero-order chi connectivity index (χ0) is 20.6. The van der Waals surface area contributed by atoms with Crippen molar-refractivity contribution in [2.75, 3.05) is 11.9 Å². The normalized spacial score (nSPS) is 10.4. The molecule has 0 radical (unpaired) electrons. The first-order valence-corrected chi connectivity index (χ1v) is 9.34. The summed E-state index contributed by atoms with van der Waals surface area (Å²) in [5.74, 6) is 0. The van der Waals surface area contributed by atoms with Crippen LogP contribution in [-0.4, -0.2) is 27.4 Å². The predicted octanol–water partition coefficient (Wildman–Crippen LogP) is 4.92. The topological polar surface area (TPSA) is 88.4 Å². The summed E-state index contributed by atoms with van der Waals surface area (Å²) in [6, 6.07) is 18.4. The van der Waals surface area contributed by atoms with E-state index in [4.69, 9.17) is 11.6 Å². The third-order valence-corrected chi connectivity index (χ3v) is 4.51. The fourth-order valence-corrected chi connectivity index (χ4v) is 3.04. The number of urea groups is 1. The molecule has 0 bridgehead atoms. The Morgan fingerprint density at radius 3 is 2.62 bits per heavy atom. The molecule has 3 rings (SSSR count). The number of para-hydroxylation sites is 1. The highest BCUT2D eigenvalue weighted by Crippen LogP contribution is 2.21. The molecule has 1 heterocycles. The average molecular weight is 411 g/mol. The van der Waals surface area contributed by atoms with Crippen LogP contribution in [0.4, 0.5) is 16.2 Å². The van der Waals surface area contributed by atoms with Crippen LogP contribution in [0.2, 0.25) is 5.02 Å². The van der Waals surface area contributed by atoms with Crippen molar-refractivity contribution in [1.82, 2.24) is 9.88 Å². The SMILES string of the molecule is O=C(Nc1cccc(Cl)c1)N(CCc1ccccn1)Cc1ccccc1[N+](=O)[O-]. The molecule has 0 aliphatic carbocycles. The van der Waals surface area contributed by atoms with E-state index in [0.717, 1.165) is 5.69 Å². The van der Waals surface area contributed by atoms with Crippen molar-refractivity contribution in [3.8, 4) is 0 Å². The van der Waals surface area contributed by atoms with Gasteiger partial charge in [0.1, 0.15) is 0 Å². The number of anilines is 1. The molecule has 0 unspecified atom stereocenters. The molecular formula is C21H19ClN4O3. The highest BCUT2D eigenvalue weighted by atomic mass is 35.5. The molecule has 0 atom stereocenters. The summed E-state index contributed by atoms with van der Waals surface area (Å²) < 4.78 is 0. The molecule has 0 aliphatic rings. The third-order valence-electron chi connectivity index (χ3n) is 4.28. The highest BCUT2D eigenvalue weighted by Gasteiger charge is 2.20. The molecule has 0 aliphatic heterocycles. The van der Waals surface area contributed by atoms with E-state index in [1.807, 2.05) is 18.2 Å². The summed E-state index contributed by atoms with van der Waals surface area (Å²) >= 11 is 5.99. The van der Waals surface area contributed by atoms with Crippen LogP contribution in [0.25, 0.3) is 0 Å². The van der Waals surface area contributed by atoms with Crippen molar-refractivity contribution < 1.29 is 9.72 Å². The van der Waals surface area contributed by atoms with Crippen molar-refractivity contribution in [3.05, 3.63) is 99.3 Å². The van der Waals surface area contributed by atoms with Gasteiger partial charge >= 0.3 is 6.03 Å². The number of nitrogens with zero attached hydrogens (tertiary/aromatic N) is 3. The van der Waals surface area contributed by atoms with Gasteiger partial charge in [-0.05, 0) is 30.3 Å². The lowest BCUT2D eigenvalue weighted by Crippen LogP contribution is -2.36. The number of hydrogen-bond acceptors (Lipinski definition) is 4. The highest BCUT2D eigenvalue weighted by molar-refractivity contribution is 6.30. The Hall–Kier alpha value is -3.45. The lowest BCUT2D eigenvalue weighted by atomic mass is 10.1. The number of pyridine rings is 1. The Bertz CT molecular complexity index is 998. The lowest BCUT2D eigenvalue weighted by molar-refractivity contribution is -0.385. The second-order valence-corrected chi connectivity index (χ2v) is 6.76. The van der Waals surface area contributed by atoms with Gasteiger partial charge in [0.05, 0.1) is 11.5 Å². The van der Waals surface area contributed by atoms with Gasteiger partial charge in [-0.2, -0.15) is 0 Å². The van der Waals surface area contributed by atoms with Gasteiger partial charge in [0.2, 0.25) is 0 Å². The van der Waals surface area contributed by atoms with Gasteiger partial charge in [0.15, 0.2) is 0 Å². The Morgan fingerprint density at radius 1 is 1.10 bits per heavy atom. The summed E-state index contributed by atoms with van der Waals surface area (Å²) in [6.07, 6.45) is 2.21. The van der Waals surface area contributed by atoms with E-state index < -0.39 is 4.92 Å².